The summed E-state index contributed by atoms with van der Waals surface area (Å²) in [6.45, 7) is 4.78. The molecule has 0 saturated heterocycles. The second-order valence-electron chi connectivity index (χ2n) is 7.24. The molecule has 0 unspecified atom stereocenters. The number of halogens is 1. The highest BCUT2D eigenvalue weighted by atomic mass is 19.1. The van der Waals surface area contributed by atoms with Crippen molar-refractivity contribution in [2.45, 2.75) is 32.5 Å². The van der Waals surface area contributed by atoms with E-state index in [9.17, 15) is 14.3 Å². The second-order valence-corrected chi connectivity index (χ2v) is 7.24. The summed E-state index contributed by atoms with van der Waals surface area (Å²) < 4.78 is 15.6. The highest BCUT2D eigenvalue weighted by molar-refractivity contribution is 5.99. The van der Waals surface area contributed by atoms with Gasteiger partial charge < -0.3 is 15.7 Å². The number of aromatic nitrogens is 4. The second kappa shape index (κ2) is 8.42. The molecular weight excluding hydrogens is 389 g/mol. The largest absolute Gasteiger partial charge is 0.387 e. The average molecular weight is 411 g/mol. The van der Waals surface area contributed by atoms with Gasteiger partial charge >= 0.3 is 0 Å². The summed E-state index contributed by atoms with van der Waals surface area (Å²) in [4.78, 5) is 25.4. The van der Waals surface area contributed by atoms with Gasteiger partial charge in [0, 0.05) is 25.0 Å². The Balaban J connectivity index is 1.90. The molecule has 0 aliphatic heterocycles. The third-order valence-corrected chi connectivity index (χ3v) is 4.47. The molecule has 0 bridgehead atoms. The smallest absolute Gasteiger partial charge is 0.255 e. The number of nitrogens with one attached hydrogen (secondary N) is 2. The number of rotatable bonds is 7. The Kier molecular flexibility index (Phi) is 5.94. The molecule has 0 aromatic carbocycles. The van der Waals surface area contributed by atoms with Crippen LogP contribution in [0.2, 0.25) is 0 Å². The van der Waals surface area contributed by atoms with Crippen molar-refractivity contribution in [3.63, 3.8) is 0 Å². The summed E-state index contributed by atoms with van der Waals surface area (Å²) in [6.07, 6.45) is 2.75. The standard InChI is InChI=1S/C20H22FN7O2/c1-4-23-14-6-17(28-11-27-15-5-12(7-22)8-25-18(15)28)24-9-13(14)19(29)26-10-16(21)20(2,3)30/h5-6,8-9,11,16,30H,4,10H2,1-3H3,(H,23,24)(H,26,29)/t16-/m1/s1. The van der Waals surface area contributed by atoms with Crippen LogP contribution in [0.1, 0.15) is 36.7 Å². The van der Waals surface area contributed by atoms with Crippen LogP contribution < -0.4 is 10.6 Å². The molecule has 3 N–H and O–H groups in total. The number of anilines is 1. The Morgan fingerprint density at radius 1 is 1.33 bits per heavy atom. The molecule has 0 saturated carbocycles. The quantitative estimate of drug-likeness (QED) is 0.542. The number of aliphatic hydroxyl groups is 1. The van der Waals surface area contributed by atoms with E-state index in [1.54, 1.807) is 16.7 Å². The average Bonchev–Trinajstić information content (AvgIpc) is 3.14. The minimum Gasteiger partial charge on any atom is -0.387 e. The van der Waals surface area contributed by atoms with Crippen molar-refractivity contribution in [3.8, 4) is 11.9 Å². The molecule has 9 nitrogen and oxygen atoms in total. The first-order valence-electron chi connectivity index (χ1n) is 9.36. The van der Waals surface area contributed by atoms with Crippen molar-refractivity contribution >= 4 is 22.8 Å². The predicted molar refractivity (Wildman–Crippen MR) is 109 cm³/mol. The van der Waals surface area contributed by atoms with Crippen LogP contribution >= 0.6 is 0 Å². The number of nitrogens with zero attached hydrogens (tertiary/aromatic N) is 5. The van der Waals surface area contributed by atoms with Gasteiger partial charge in [0.2, 0.25) is 0 Å². The normalized spacial score (nSPS) is 12.4. The maximum Gasteiger partial charge on any atom is 0.255 e. The van der Waals surface area contributed by atoms with Crippen molar-refractivity contribution in [1.82, 2.24) is 24.8 Å². The number of alkyl halides is 1. The number of pyridine rings is 2. The zero-order valence-electron chi connectivity index (χ0n) is 16.8. The van der Waals surface area contributed by atoms with Crippen LogP contribution in [0.4, 0.5) is 10.1 Å². The van der Waals surface area contributed by atoms with Crippen LogP contribution in [0, 0.1) is 11.3 Å². The minimum atomic E-state index is -1.61. The molecule has 1 amide bonds. The van der Waals surface area contributed by atoms with E-state index in [0.717, 1.165) is 0 Å². The Bertz CT molecular complexity index is 1110. The molecule has 0 radical (unpaired) electrons. The molecule has 30 heavy (non-hydrogen) atoms. The van der Waals surface area contributed by atoms with Gasteiger partial charge in [0.15, 0.2) is 5.65 Å². The van der Waals surface area contributed by atoms with Gasteiger partial charge in [0.1, 0.15) is 29.9 Å². The van der Waals surface area contributed by atoms with E-state index >= 15 is 0 Å². The lowest BCUT2D eigenvalue weighted by Crippen LogP contribution is -2.42. The van der Waals surface area contributed by atoms with E-state index in [4.69, 9.17) is 5.26 Å². The summed E-state index contributed by atoms with van der Waals surface area (Å²) in [7, 11) is 0. The van der Waals surface area contributed by atoms with Crippen molar-refractivity contribution in [1.29, 1.82) is 5.26 Å². The van der Waals surface area contributed by atoms with E-state index < -0.39 is 17.7 Å². The fraction of sp³-hybridized carbons (Fsp3) is 0.350. The van der Waals surface area contributed by atoms with Gasteiger partial charge in [0.05, 0.1) is 29.0 Å². The zero-order chi connectivity index (χ0) is 21.9. The molecule has 0 spiro atoms. The Morgan fingerprint density at radius 2 is 2.10 bits per heavy atom. The molecular formula is C20H22FN7O2. The predicted octanol–water partition coefficient (Wildman–Crippen LogP) is 1.96. The van der Waals surface area contributed by atoms with Crippen LogP contribution in [-0.4, -0.2) is 55.4 Å². The van der Waals surface area contributed by atoms with Crippen LogP contribution in [0.15, 0.2) is 30.9 Å². The van der Waals surface area contributed by atoms with Gasteiger partial charge in [-0.15, -0.1) is 0 Å². The first-order chi connectivity index (χ1) is 14.2. The number of nitriles is 1. The lowest BCUT2D eigenvalue weighted by Gasteiger charge is -2.22. The van der Waals surface area contributed by atoms with Crippen molar-refractivity contribution in [3.05, 3.63) is 42.0 Å². The van der Waals surface area contributed by atoms with Crippen LogP contribution in [0.5, 0.6) is 0 Å². The molecule has 3 heterocycles. The van der Waals surface area contributed by atoms with Gasteiger partial charge in [-0.2, -0.15) is 5.26 Å². The number of hydrogen-bond donors (Lipinski definition) is 3. The summed E-state index contributed by atoms with van der Waals surface area (Å²) in [5.41, 5.74) is 0.663. The number of hydrogen-bond acceptors (Lipinski definition) is 7. The van der Waals surface area contributed by atoms with Crippen molar-refractivity contribution in [2.24, 2.45) is 0 Å². The van der Waals surface area contributed by atoms with Crippen LogP contribution in [0.3, 0.4) is 0 Å². The molecule has 10 heteroatoms. The fourth-order valence-corrected chi connectivity index (χ4v) is 2.75. The maximum atomic E-state index is 14.0. The van der Waals surface area contributed by atoms with E-state index in [2.05, 4.69) is 25.6 Å². The van der Waals surface area contributed by atoms with Gasteiger partial charge in [-0.3, -0.25) is 9.36 Å². The third kappa shape index (κ3) is 4.36. The number of imidazole rings is 1. The molecule has 3 aromatic heterocycles. The van der Waals surface area contributed by atoms with E-state index in [-0.39, 0.29) is 12.1 Å². The SMILES string of the molecule is CCNc1cc(-n2cnc3cc(C#N)cnc32)ncc1C(=O)NC[C@@H](F)C(C)(C)O. The zero-order valence-corrected chi connectivity index (χ0v) is 16.8. The summed E-state index contributed by atoms with van der Waals surface area (Å²) in [6, 6.07) is 5.31. The number of amides is 1. The first kappa shape index (κ1) is 21.1. The summed E-state index contributed by atoms with van der Waals surface area (Å²) in [5.74, 6) is -0.0359. The number of fused-ring (bicyclic) bond motifs is 1. The fourth-order valence-electron chi connectivity index (χ4n) is 2.75. The van der Waals surface area contributed by atoms with E-state index in [1.807, 2.05) is 13.0 Å². The first-order valence-corrected chi connectivity index (χ1v) is 9.36. The van der Waals surface area contributed by atoms with E-state index in [1.165, 1.54) is 32.6 Å². The summed E-state index contributed by atoms with van der Waals surface area (Å²) >= 11 is 0. The number of carbonyl (C=O) groups excluding carboxylic acids is 1. The highest BCUT2D eigenvalue weighted by Crippen LogP contribution is 2.22. The van der Waals surface area contributed by atoms with E-state index in [0.29, 0.717) is 34.8 Å². The van der Waals surface area contributed by atoms with Crippen LogP contribution in [-0.2, 0) is 0 Å². The lowest BCUT2D eigenvalue weighted by molar-refractivity contribution is -0.00177. The molecule has 3 aromatic rings. The Labute approximate surface area is 172 Å². The summed E-state index contributed by atoms with van der Waals surface area (Å²) in [5, 5.41) is 24.3. The van der Waals surface area contributed by atoms with Crippen molar-refractivity contribution < 1.29 is 14.3 Å². The molecule has 0 fully saturated rings. The topological polar surface area (TPSA) is 129 Å². The van der Waals surface area contributed by atoms with Gasteiger partial charge in [0.25, 0.3) is 5.91 Å². The van der Waals surface area contributed by atoms with Crippen molar-refractivity contribution in [2.75, 3.05) is 18.4 Å². The van der Waals surface area contributed by atoms with Crippen LogP contribution in [0.25, 0.3) is 17.0 Å². The highest BCUT2D eigenvalue weighted by Gasteiger charge is 2.27. The van der Waals surface area contributed by atoms with Gasteiger partial charge in [-0.05, 0) is 26.8 Å². The number of carbonyl (C=O) groups is 1. The maximum absolute atomic E-state index is 14.0. The molecule has 1 atom stereocenters. The monoisotopic (exact) mass is 411 g/mol. The Hall–Kier alpha value is -3.58. The lowest BCUT2D eigenvalue weighted by atomic mass is 10.0. The third-order valence-electron chi connectivity index (χ3n) is 4.47. The van der Waals surface area contributed by atoms with Gasteiger partial charge in [-0.1, -0.05) is 0 Å². The Morgan fingerprint density at radius 3 is 2.77 bits per heavy atom. The minimum absolute atomic E-state index is 0.243. The molecule has 0 aliphatic carbocycles. The van der Waals surface area contributed by atoms with Gasteiger partial charge in [-0.25, -0.2) is 19.3 Å². The molecule has 156 valence electrons. The molecule has 3 rings (SSSR count). The molecule has 0 aliphatic rings.